The highest BCUT2D eigenvalue weighted by Crippen LogP contribution is 2.34. The molecule has 0 unspecified atom stereocenters. The van der Waals surface area contributed by atoms with Gasteiger partial charge in [-0.3, -0.25) is 13.9 Å². The van der Waals surface area contributed by atoms with E-state index in [0.29, 0.717) is 5.75 Å². The van der Waals surface area contributed by atoms with Crippen LogP contribution in [0.1, 0.15) is 31.9 Å². The monoisotopic (exact) mass is 659 g/mol. The number of amides is 2. The van der Waals surface area contributed by atoms with Crippen molar-refractivity contribution < 1.29 is 27.5 Å². The van der Waals surface area contributed by atoms with Gasteiger partial charge >= 0.3 is 0 Å². The molecule has 3 aromatic carbocycles. The molecule has 0 bridgehead atoms. The fourth-order valence-electron chi connectivity index (χ4n) is 4.38. The van der Waals surface area contributed by atoms with E-state index < -0.39 is 34.1 Å². The third kappa shape index (κ3) is 9.22. The lowest BCUT2D eigenvalue weighted by Gasteiger charge is -2.35. The van der Waals surface area contributed by atoms with E-state index in [1.807, 2.05) is 75.4 Å². The highest BCUT2D eigenvalue weighted by Gasteiger charge is 2.35. The van der Waals surface area contributed by atoms with Crippen molar-refractivity contribution in [1.29, 1.82) is 0 Å². The van der Waals surface area contributed by atoms with Crippen molar-refractivity contribution in [3.63, 3.8) is 0 Å². The van der Waals surface area contributed by atoms with Gasteiger partial charge in [-0.1, -0.05) is 58.4 Å². The van der Waals surface area contributed by atoms with Crippen LogP contribution < -0.4 is 19.1 Å². The Balaban J connectivity index is 2.12. The van der Waals surface area contributed by atoms with E-state index in [1.165, 1.54) is 25.2 Å². The molecule has 0 heterocycles. The van der Waals surface area contributed by atoms with Gasteiger partial charge in [0.1, 0.15) is 24.1 Å². The lowest BCUT2D eigenvalue weighted by molar-refractivity contribution is -0.140. The van der Waals surface area contributed by atoms with Gasteiger partial charge in [0, 0.05) is 29.0 Å². The molecule has 9 nitrogen and oxygen atoms in total. The van der Waals surface area contributed by atoms with Crippen LogP contribution in [0.4, 0.5) is 5.69 Å². The van der Waals surface area contributed by atoms with Crippen LogP contribution in [0.25, 0.3) is 0 Å². The molecule has 0 fully saturated rings. The van der Waals surface area contributed by atoms with Crippen LogP contribution in [0.15, 0.2) is 77.3 Å². The van der Waals surface area contributed by atoms with Crippen LogP contribution in [0.2, 0.25) is 0 Å². The lowest BCUT2D eigenvalue weighted by atomic mass is 10.0. The van der Waals surface area contributed by atoms with Gasteiger partial charge in [-0.05, 0) is 56.2 Å². The molecule has 0 aliphatic heterocycles. The second kappa shape index (κ2) is 14.1. The zero-order chi connectivity index (χ0) is 31.1. The molecule has 1 N–H and O–H groups in total. The van der Waals surface area contributed by atoms with Crippen LogP contribution in [-0.2, 0) is 32.6 Å². The number of nitrogens with one attached hydrogen (secondary N) is 1. The maximum Gasteiger partial charge on any atom is 0.244 e. The maximum atomic E-state index is 14.3. The molecule has 3 rings (SSSR count). The van der Waals surface area contributed by atoms with Crippen LogP contribution >= 0.6 is 15.9 Å². The van der Waals surface area contributed by atoms with Crippen LogP contribution in [0.5, 0.6) is 11.5 Å². The van der Waals surface area contributed by atoms with Gasteiger partial charge in [0.2, 0.25) is 21.8 Å². The van der Waals surface area contributed by atoms with E-state index in [0.717, 1.165) is 26.2 Å². The summed E-state index contributed by atoms with van der Waals surface area (Å²) in [5.41, 5.74) is 1.22. The van der Waals surface area contributed by atoms with E-state index in [-0.39, 0.29) is 30.3 Å². The standard InChI is InChI=1S/C31H38BrN3O6S/c1-31(2,3)33-30(37)27(18-22-10-8-7-9-11-22)34(20-23-12-14-24(32)15-13-23)29(36)21-35(42(6,38)39)26-19-25(40-4)16-17-28(26)41-5/h7-17,19,27H,18,20-21H2,1-6H3,(H,33,37)/t27-/m1/s1. The van der Waals surface area contributed by atoms with E-state index in [9.17, 15) is 18.0 Å². The number of halogens is 1. The fourth-order valence-corrected chi connectivity index (χ4v) is 5.49. The Morgan fingerprint density at radius 3 is 2.12 bits per heavy atom. The minimum atomic E-state index is -3.97. The van der Waals surface area contributed by atoms with Gasteiger partial charge in [0.15, 0.2) is 0 Å². The lowest BCUT2D eigenvalue weighted by Crippen LogP contribution is -2.56. The summed E-state index contributed by atoms with van der Waals surface area (Å²) in [7, 11) is -1.09. The molecule has 0 radical (unpaired) electrons. The quantitative estimate of drug-likeness (QED) is 0.300. The summed E-state index contributed by atoms with van der Waals surface area (Å²) >= 11 is 3.44. The average Bonchev–Trinajstić information content (AvgIpc) is 2.93. The zero-order valence-electron chi connectivity index (χ0n) is 24.8. The molecule has 0 aliphatic rings. The Morgan fingerprint density at radius 1 is 0.929 bits per heavy atom. The zero-order valence-corrected chi connectivity index (χ0v) is 27.2. The number of carbonyl (C=O) groups is 2. The van der Waals surface area contributed by atoms with Gasteiger partial charge in [-0.25, -0.2) is 8.42 Å². The second-order valence-corrected chi connectivity index (χ2v) is 13.7. The molecule has 226 valence electrons. The van der Waals surface area contributed by atoms with Gasteiger partial charge in [-0.2, -0.15) is 0 Å². The summed E-state index contributed by atoms with van der Waals surface area (Å²) in [4.78, 5) is 29.5. The highest BCUT2D eigenvalue weighted by atomic mass is 79.9. The van der Waals surface area contributed by atoms with Crippen molar-refractivity contribution in [2.45, 2.75) is 45.3 Å². The van der Waals surface area contributed by atoms with Gasteiger partial charge in [0.25, 0.3) is 0 Å². The summed E-state index contributed by atoms with van der Waals surface area (Å²) < 4.78 is 38.8. The van der Waals surface area contributed by atoms with Crippen molar-refractivity contribution in [3.05, 3.63) is 88.4 Å². The number of hydrogen-bond acceptors (Lipinski definition) is 6. The number of methoxy groups -OCH3 is 2. The Bertz CT molecular complexity index is 1470. The topological polar surface area (TPSA) is 105 Å². The Labute approximate surface area is 257 Å². The first kappa shape index (κ1) is 32.9. The third-order valence-corrected chi connectivity index (χ3v) is 8.02. The fraction of sp³-hybridized carbons (Fsp3) is 0.355. The van der Waals surface area contributed by atoms with E-state index in [4.69, 9.17) is 9.47 Å². The van der Waals surface area contributed by atoms with Gasteiger partial charge in [0.05, 0.1) is 26.2 Å². The van der Waals surface area contributed by atoms with E-state index in [1.54, 1.807) is 12.1 Å². The highest BCUT2D eigenvalue weighted by molar-refractivity contribution is 9.10. The largest absolute Gasteiger partial charge is 0.497 e. The summed E-state index contributed by atoms with van der Waals surface area (Å²) in [6.07, 6.45) is 1.25. The molecule has 0 aliphatic carbocycles. The molecule has 0 saturated heterocycles. The first-order valence-corrected chi connectivity index (χ1v) is 16.0. The summed E-state index contributed by atoms with van der Waals surface area (Å²) in [5, 5.41) is 3.01. The molecular weight excluding hydrogens is 622 g/mol. The number of ether oxygens (including phenoxy) is 2. The number of rotatable bonds is 12. The van der Waals surface area contributed by atoms with Gasteiger partial charge < -0.3 is 19.7 Å². The third-order valence-electron chi connectivity index (χ3n) is 6.37. The first-order chi connectivity index (χ1) is 19.7. The molecule has 42 heavy (non-hydrogen) atoms. The smallest absolute Gasteiger partial charge is 0.244 e. The Kier molecular flexibility index (Phi) is 11.0. The number of hydrogen-bond donors (Lipinski definition) is 1. The SMILES string of the molecule is COc1ccc(OC)c(N(CC(=O)N(Cc2ccc(Br)cc2)[C@H](Cc2ccccc2)C(=O)NC(C)(C)C)S(C)(=O)=O)c1. The predicted molar refractivity (Wildman–Crippen MR) is 168 cm³/mol. The second-order valence-electron chi connectivity index (χ2n) is 10.9. The van der Waals surface area contributed by atoms with Crippen molar-refractivity contribution in [3.8, 4) is 11.5 Å². The number of benzene rings is 3. The Hall–Kier alpha value is -3.57. The van der Waals surface area contributed by atoms with Crippen LogP contribution in [0, 0.1) is 0 Å². The first-order valence-electron chi connectivity index (χ1n) is 13.3. The summed E-state index contributed by atoms with van der Waals surface area (Å²) in [6.45, 7) is 5.12. The molecule has 3 aromatic rings. The minimum Gasteiger partial charge on any atom is -0.497 e. The van der Waals surface area contributed by atoms with Crippen LogP contribution in [0.3, 0.4) is 0 Å². The van der Waals surface area contributed by atoms with Crippen molar-refractivity contribution in [1.82, 2.24) is 10.2 Å². The summed E-state index contributed by atoms with van der Waals surface area (Å²) in [6, 6.07) is 20.6. The Morgan fingerprint density at radius 2 is 1.57 bits per heavy atom. The number of nitrogens with zero attached hydrogens (tertiary/aromatic N) is 2. The van der Waals surface area contributed by atoms with E-state index >= 15 is 0 Å². The normalized spacial score (nSPS) is 12.3. The molecule has 1 atom stereocenters. The number of carbonyl (C=O) groups excluding carboxylic acids is 2. The molecule has 11 heteroatoms. The van der Waals surface area contributed by atoms with Crippen molar-refractivity contribution in [2.24, 2.45) is 0 Å². The molecular formula is C31H38BrN3O6S. The minimum absolute atomic E-state index is 0.0774. The van der Waals surface area contributed by atoms with Crippen molar-refractivity contribution in [2.75, 3.05) is 31.3 Å². The molecule has 0 saturated carbocycles. The number of anilines is 1. The van der Waals surface area contributed by atoms with E-state index in [2.05, 4.69) is 21.2 Å². The molecule has 0 aromatic heterocycles. The summed E-state index contributed by atoms with van der Waals surface area (Å²) in [5.74, 6) is -0.259. The molecule has 0 spiro atoms. The van der Waals surface area contributed by atoms with Crippen LogP contribution in [-0.4, -0.2) is 63.7 Å². The maximum absolute atomic E-state index is 14.3. The van der Waals surface area contributed by atoms with Crippen molar-refractivity contribution >= 4 is 43.5 Å². The predicted octanol–water partition coefficient (Wildman–Crippen LogP) is 4.79. The molecule has 2 amide bonds. The van der Waals surface area contributed by atoms with Gasteiger partial charge in [-0.15, -0.1) is 0 Å². The number of sulfonamides is 1. The average molecular weight is 661 g/mol.